The molecule has 1 aliphatic heterocycles. The van der Waals surface area contributed by atoms with Crippen molar-refractivity contribution in [3.05, 3.63) is 35.9 Å². The second kappa shape index (κ2) is 5.84. The Balaban J connectivity index is 1.56. The fourth-order valence-electron chi connectivity index (χ4n) is 2.72. The summed E-state index contributed by atoms with van der Waals surface area (Å²) < 4.78 is 2.05. The summed E-state index contributed by atoms with van der Waals surface area (Å²) in [4.78, 5) is 22.3. The molecule has 7 heteroatoms. The molecule has 1 atom stereocenters. The van der Waals surface area contributed by atoms with E-state index in [-0.39, 0.29) is 11.9 Å². The largest absolute Gasteiger partial charge is 0.293 e. The maximum absolute atomic E-state index is 12.2. The lowest BCUT2D eigenvalue weighted by Gasteiger charge is -2.42. The quantitative estimate of drug-likeness (QED) is 0.917. The number of amides is 1. The number of anilines is 1. The minimum atomic E-state index is -0.211. The maximum atomic E-state index is 12.2. The summed E-state index contributed by atoms with van der Waals surface area (Å²) in [5.74, 6) is 0.257. The Morgan fingerprint density at radius 3 is 2.59 bits per heavy atom. The Hall–Kier alpha value is -2.28. The van der Waals surface area contributed by atoms with Crippen LogP contribution < -0.4 is 5.32 Å². The summed E-state index contributed by atoms with van der Waals surface area (Å²) in [5, 5.41) is 7.24. The van der Waals surface area contributed by atoms with E-state index in [4.69, 9.17) is 0 Å². The molecule has 0 bridgehead atoms. The van der Waals surface area contributed by atoms with E-state index in [1.807, 2.05) is 13.8 Å². The van der Waals surface area contributed by atoms with Crippen LogP contribution in [0.5, 0.6) is 0 Å². The number of nitrogens with zero attached hydrogens (tertiary/aromatic N) is 5. The van der Waals surface area contributed by atoms with Gasteiger partial charge in [-0.3, -0.25) is 19.7 Å². The van der Waals surface area contributed by atoms with Crippen LogP contribution in [0.2, 0.25) is 0 Å². The van der Waals surface area contributed by atoms with E-state index in [1.54, 1.807) is 18.5 Å². The molecule has 0 saturated carbocycles. The van der Waals surface area contributed by atoms with Crippen LogP contribution in [0.1, 0.15) is 24.4 Å². The number of carbonyl (C=O) groups excluding carboxylic acids is 1. The number of hydrogen-bond donors (Lipinski definition) is 1. The van der Waals surface area contributed by atoms with Crippen molar-refractivity contribution in [2.24, 2.45) is 0 Å². The summed E-state index contributed by atoms with van der Waals surface area (Å²) in [7, 11) is 0. The number of likely N-dealkylation sites (tertiary alicyclic amines) is 1. The minimum Gasteiger partial charge on any atom is -0.293 e. The molecule has 1 amide bonds. The predicted octanol–water partition coefficient (Wildman–Crippen LogP) is 1.17. The van der Waals surface area contributed by atoms with E-state index < -0.39 is 0 Å². The van der Waals surface area contributed by atoms with Gasteiger partial charge in [-0.1, -0.05) is 0 Å². The average Bonchev–Trinajstić information content (AvgIpc) is 2.77. The third kappa shape index (κ3) is 2.85. The smallest absolute Gasteiger partial charge is 0.243 e. The van der Waals surface area contributed by atoms with Gasteiger partial charge in [-0.05, 0) is 32.9 Å². The SMILES string of the molecule is Cc1cc(C)n(C2CN([C@H](C)C(=O)Nc3ncccn3)C2)n1. The zero-order valence-corrected chi connectivity index (χ0v) is 13.0. The first-order valence-electron chi connectivity index (χ1n) is 7.39. The van der Waals surface area contributed by atoms with Gasteiger partial charge in [0.05, 0.1) is 17.8 Å². The van der Waals surface area contributed by atoms with Crippen molar-refractivity contribution in [2.45, 2.75) is 32.9 Å². The lowest BCUT2D eigenvalue weighted by Crippen LogP contribution is -2.55. The number of hydrogen-bond acceptors (Lipinski definition) is 5. The van der Waals surface area contributed by atoms with Crippen molar-refractivity contribution in [2.75, 3.05) is 18.4 Å². The fourth-order valence-corrected chi connectivity index (χ4v) is 2.72. The van der Waals surface area contributed by atoms with Crippen molar-refractivity contribution in [1.29, 1.82) is 0 Å². The Bertz CT molecular complexity index is 662. The topological polar surface area (TPSA) is 75.9 Å². The van der Waals surface area contributed by atoms with Gasteiger partial charge in [0, 0.05) is 31.2 Å². The molecule has 0 aliphatic carbocycles. The van der Waals surface area contributed by atoms with E-state index in [2.05, 4.69) is 43.0 Å². The Morgan fingerprint density at radius 1 is 1.32 bits per heavy atom. The van der Waals surface area contributed by atoms with Crippen molar-refractivity contribution >= 4 is 11.9 Å². The second-order valence-corrected chi connectivity index (χ2v) is 5.72. The number of rotatable bonds is 4. The van der Waals surface area contributed by atoms with E-state index in [0.717, 1.165) is 24.5 Å². The average molecular weight is 300 g/mol. The van der Waals surface area contributed by atoms with E-state index in [9.17, 15) is 4.79 Å². The van der Waals surface area contributed by atoms with E-state index >= 15 is 0 Å². The highest BCUT2D eigenvalue weighted by molar-refractivity contribution is 5.93. The molecule has 2 aromatic rings. The summed E-state index contributed by atoms with van der Waals surface area (Å²) in [6.07, 6.45) is 3.21. The number of aryl methyl sites for hydroxylation is 2. The highest BCUT2D eigenvalue weighted by atomic mass is 16.2. The molecule has 1 saturated heterocycles. The van der Waals surface area contributed by atoms with Gasteiger partial charge >= 0.3 is 0 Å². The van der Waals surface area contributed by atoms with Crippen LogP contribution in [-0.2, 0) is 4.79 Å². The molecule has 2 aromatic heterocycles. The van der Waals surface area contributed by atoms with Crippen molar-refractivity contribution < 1.29 is 4.79 Å². The summed E-state index contributed by atoms with van der Waals surface area (Å²) >= 11 is 0. The Labute approximate surface area is 129 Å². The minimum absolute atomic E-state index is 0.0852. The van der Waals surface area contributed by atoms with E-state index in [1.165, 1.54) is 0 Å². The third-order valence-corrected chi connectivity index (χ3v) is 4.01. The van der Waals surface area contributed by atoms with Crippen LogP contribution in [0.4, 0.5) is 5.95 Å². The molecular formula is C15H20N6O. The Kier molecular flexibility index (Phi) is 3.89. The lowest BCUT2D eigenvalue weighted by atomic mass is 10.1. The monoisotopic (exact) mass is 300 g/mol. The van der Waals surface area contributed by atoms with Gasteiger partial charge in [0.25, 0.3) is 0 Å². The normalized spacial score (nSPS) is 17.0. The van der Waals surface area contributed by atoms with Gasteiger partial charge in [-0.25, -0.2) is 9.97 Å². The second-order valence-electron chi connectivity index (χ2n) is 5.72. The molecule has 3 rings (SSSR count). The van der Waals surface area contributed by atoms with Crippen molar-refractivity contribution in [1.82, 2.24) is 24.6 Å². The first kappa shape index (κ1) is 14.6. The van der Waals surface area contributed by atoms with Crippen LogP contribution in [-0.4, -0.2) is 49.7 Å². The van der Waals surface area contributed by atoms with Gasteiger partial charge in [0.1, 0.15) is 0 Å². The molecule has 1 aliphatic rings. The molecule has 116 valence electrons. The lowest BCUT2D eigenvalue weighted by molar-refractivity contribution is -0.123. The molecule has 0 aromatic carbocycles. The zero-order valence-electron chi connectivity index (χ0n) is 13.0. The Morgan fingerprint density at radius 2 is 2.00 bits per heavy atom. The summed E-state index contributed by atoms with van der Waals surface area (Å²) in [5.41, 5.74) is 2.19. The molecule has 1 fully saturated rings. The highest BCUT2D eigenvalue weighted by Gasteiger charge is 2.35. The summed E-state index contributed by atoms with van der Waals surface area (Å²) in [6, 6.07) is 3.92. The van der Waals surface area contributed by atoms with Crippen LogP contribution in [0.25, 0.3) is 0 Å². The van der Waals surface area contributed by atoms with Gasteiger partial charge in [-0.15, -0.1) is 0 Å². The van der Waals surface area contributed by atoms with Crippen LogP contribution >= 0.6 is 0 Å². The molecule has 0 unspecified atom stereocenters. The summed E-state index contributed by atoms with van der Waals surface area (Å²) in [6.45, 7) is 7.61. The van der Waals surface area contributed by atoms with Crippen LogP contribution in [0, 0.1) is 13.8 Å². The van der Waals surface area contributed by atoms with Crippen LogP contribution in [0.3, 0.4) is 0 Å². The molecule has 3 heterocycles. The van der Waals surface area contributed by atoms with Gasteiger partial charge < -0.3 is 0 Å². The molecular weight excluding hydrogens is 280 g/mol. The first-order chi connectivity index (χ1) is 10.5. The van der Waals surface area contributed by atoms with Crippen LogP contribution in [0.15, 0.2) is 24.5 Å². The molecule has 0 spiro atoms. The fraction of sp³-hybridized carbons (Fsp3) is 0.467. The van der Waals surface area contributed by atoms with Crippen molar-refractivity contribution in [3.63, 3.8) is 0 Å². The van der Waals surface area contributed by atoms with Gasteiger partial charge in [0.15, 0.2) is 0 Å². The molecule has 7 nitrogen and oxygen atoms in total. The molecule has 0 radical (unpaired) electrons. The number of carbonyl (C=O) groups is 1. The van der Waals surface area contributed by atoms with Crippen molar-refractivity contribution in [3.8, 4) is 0 Å². The first-order valence-corrected chi connectivity index (χ1v) is 7.39. The molecule has 1 N–H and O–H groups in total. The third-order valence-electron chi connectivity index (χ3n) is 4.01. The predicted molar refractivity (Wildman–Crippen MR) is 82.4 cm³/mol. The number of aromatic nitrogens is 4. The number of nitrogens with one attached hydrogen (secondary N) is 1. The highest BCUT2D eigenvalue weighted by Crippen LogP contribution is 2.25. The van der Waals surface area contributed by atoms with Gasteiger partial charge in [0.2, 0.25) is 11.9 Å². The maximum Gasteiger partial charge on any atom is 0.243 e. The standard InChI is InChI=1S/C15H20N6O/c1-10-7-11(2)21(19-10)13-8-20(9-13)12(3)14(22)18-15-16-5-4-6-17-15/h4-7,12-13H,8-9H2,1-3H3,(H,16,17,18,22)/t12-/m1/s1. The molecule has 22 heavy (non-hydrogen) atoms. The van der Waals surface area contributed by atoms with E-state index in [0.29, 0.717) is 12.0 Å². The van der Waals surface area contributed by atoms with Gasteiger partial charge in [-0.2, -0.15) is 5.10 Å². The zero-order chi connectivity index (χ0) is 15.7.